The molecule has 102 valence electrons. The molecule has 3 rings (SSSR count). The van der Waals surface area contributed by atoms with Crippen LogP contribution in [0.5, 0.6) is 0 Å². The molecular weight excluding hydrogens is 252 g/mol. The van der Waals surface area contributed by atoms with Crippen LogP contribution >= 0.6 is 0 Å². The zero-order valence-electron chi connectivity index (χ0n) is 11.3. The number of rotatable bonds is 2. The Bertz CT molecular complexity index is 671. The maximum absolute atomic E-state index is 12.0. The Morgan fingerprint density at radius 3 is 2.90 bits per heavy atom. The number of amides is 1. The zero-order chi connectivity index (χ0) is 13.9. The Morgan fingerprint density at radius 2 is 2.10 bits per heavy atom. The van der Waals surface area contributed by atoms with Crippen molar-refractivity contribution in [2.24, 2.45) is 5.10 Å². The molecular formula is C16H16N2O2. The summed E-state index contributed by atoms with van der Waals surface area (Å²) in [5.41, 5.74) is 6.54. The summed E-state index contributed by atoms with van der Waals surface area (Å²) in [6.45, 7) is 1.76. The van der Waals surface area contributed by atoms with Crippen molar-refractivity contribution in [3.05, 3.63) is 59.0 Å². The average Bonchev–Trinajstić information content (AvgIpc) is 2.91. The van der Waals surface area contributed by atoms with Gasteiger partial charge in [-0.3, -0.25) is 4.79 Å². The van der Waals surface area contributed by atoms with E-state index in [1.54, 1.807) is 13.0 Å². The van der Waals surface area contributed by atoms with Crippen LogP contribution in [-0.2, 0) is 6.42 Å². The van der Waals surface area contributed by atoms with Gasteiger partial charge in [0.05, 0.1) is 17.5 Å². The number of carbonyl (C=O) groups excluding carboxylic acids is 1. The van der Waals surface area contributed by atoms with Crippen LogP contribution in [-0.4, -0.2) is 11.6 Å². The fourth-order valence-corrected chi connectivity index (χ4v) is 2.52. The second kappa shape index (κ2) is 5.33. The molecule has 0 unspecified atom stereocenters. The lowest BCUT2D eigenvalue weighted by atomic mass is 9.90. The molecule has 0 saturated carbocycles. The molecule has 4 nitrogen and oxygen atoms in total. The third kappa shape index (κ3) is 2.37. The Morgan fingerprint density at radius 1 is 1.25 bits per heavy atom. The third-order valence-electron chi connectivity index (χ3n) is 3.58. The molecule has 1 aromatic carbocycles. The van der Waals surface area contributed by atoms with Gasteiger partial charge in [-0.05, 0) is 37.8 Å². The smallest absolute Gasteiger partial charge is 0.274 e. The van der Waals surface area contributed by atoms with E-state index in [4.69, 9.17) is 4.42 Å². The second-order valence-electron chi connectivity index (χ2n) is 4.90. The van der Waals surface area contributed by atoms with Gasteiger partial charge >= 0.3 is 0 Å². The van der Waals surface area contributed by atoms with Crippen LogP contribution in [0.1, 0.15) is 40.1 Å². The Labute approximate surface area is 117 Å². The standard InChI is InChI=1S/C16H16N2O2/c1-11-13(9-10-20-11)16(19)18-17-15-8-4-6-12-5-2-3-7-14(12)15/h2-3,5,7,9-10H,4,6,8H2,1H3,(H,18,19)/b17-15+. The molecule has 1 amide bonds. The molecule has 0 aliphatic heterocycles. The number of nitrogens with zero attached hydrogens (tertiary/aromatic N) is 1. The van der Waals surface area contributed by atoms with E-state index in [0.717, 1.165) is 30.5 Å². The van der Waals surface area contributed by atoms with Crippen LogP contribution in [0, 0.1) is 6.92 Å². The molecule has 4 heteroatoms. The van der Waals surface area contributed by atoms with Gasteiger partial charge in [0, 0.05) is 5.56 Å². The maximum Gasteiger partial charge on any atom is 0.274 e. The van der Waals surface area contributed by atoms with Crippen molar-refractivity contribution in [2.45, 2.75) is 26.2 Å². The first-order chi connectivity index (χ1) is 9.75. The normalized spacial score (nSPS) is 15.9. The number of aryl methyl sites for hydroxylation is 2. The molecule has 0 bridgehead atoms. The van der Waals surface area contributed by atoms with E-state index in [9.17, 15) is 4.79 Å². The first-order valence-electron chi connectivity index (χ1n) is 6.75. The maximum atomic E-state index is 12.0. The SMILES string of the molecule is Cc1occc1C(=O)N/N=C1\CCCc2ccccc21. The monoisotopic (exact) mass is 268 g/mol. The van der Waals surface area contributed by atoms with E-state index >= 15 is 0 Å². The summed E-state index contributed by atoms with van der Waals surface area (Å²) in [5, 5.41) is 4.30. The third-order valence-corrected chi connectivity index (χ3v) is 3.58. The van der Waals surface area contributed by atoms with Crippen molar-refractivity contribution in [3.8, 4) is 0 Å². The van der Waals surface area contributed by atoms with E-state index in [2.05, 4.69) is 22.7 Å². The van der Waals surface area contributed by atoms with Crippen molar-refractivity contribution in [3.63, 3.8) is 0 Å². The number of fused-ring (bicyclic) bond motifs is 1. The Balaban J connectivity index is 1.81. The Kier molecular flexibility index (Phi) is 3.37. The van der Waals surface area contributed by atoms with Crippen LogP contribution in [0.25, 0.3) is 0 Å². The highest BCUT2D eigenvalue weighted by Crippen LogP contribution is 2.21. The Hall–Kier alpha value is -2.36. The lowest BCUT2D eigenvalue weighted by Gasteiger charge is -2.17. The zero-order valence-corrected chi connectivity index (χ0v) is 11.3. The van der Waals surface area contributed by atoms with Crippen molar-refractivity contribution in [2.75, 3.05) is 0 Å². The highest BCUT2D eigenvalue weighted by molar-refractivity contribution is 6.04. The molecule has 20 heavy (non-hydrogen) atoms. The average molecular weight is 268 g/mol. The largest absolute Gasteiger partial charge is 0.469 e. The van der Waals surface area contributed by atoms with Crippen LogP contribution in [0.3, 0.4) is 0 Å². The molecule has 0 fully saturated rings. The quantitative estimate of drug-likeness (QED) is 0.851. The molecule has 1 N–H and O–H groups in total. The van der Waals surface area contributed by atoms with E-state index in [-0.39, 0.29) is 5.91 Å². The highest BCUT2D eigenvalue weighted by atomic mass is 16.3. The summed E-state index contributed by atoms with van der Waals surface area (Å²) in [4.78, 5) is 12.0. The molecule has 1 aromatic heterocycles. The van der Waals surface area contributed by atoms with E-state index in [1.165, 1.54) is 11.8 Å². The number of hydrogen-bond donors (Lipinski definition) is 1. The number of hydrogen-bond acceptors (Lipinski definition) is 3. The van der Waals surface area contributed by atoms with Gasteiger partial charge in [0.1, 0.15) is 5.76 Å². The molecule has 1 aliphatic carbocycles. The van der Waals surface area contributed by atoms with Gasteiger partial charge in [-0.2, -0.15) is 5.10 Å². The van der Waals surface area contributed by atoms with Crippen LogP contribution < -0.4 is 5.43 Å². The molecule has 0 atom stereocenters. The van der Waals surface area contributed by atoms with Gasteiger partial charge in [0.2, 0.25) is 0 Å². The molecule has 0 spiro atoms. The summed E-state index contributed by atoms with van der Waals surface area (Å²) < 4.78 is 5.12. The van der Waals surface area contributed by atoms with Crippen LogP contribution in [0.2, 0.25) is 0 Å². The second-order valence-corrected chi connectivity index (χ2v) is 4.90. The minimum Gasteiger partial charge on any atom is -0.469 e. The highest BCUT2D eigenvalue weighted by Gasteiger charge is 2.16. The summed E-state index contributed by atoms with van der Waals surface area (Å²) in [6, 6.07) is 9.87. The molecule has 2 aromatic rings. The lowest BCUT2D eigenvalue weighted by Crippen LogP contribution is -2.22. The summed E-state index contributed by atoms with van der Waals surface area (Å²) >= 11 is 0. The number of benzene rings is 1. The van der Waals surface area contributed by atoms with Gasteiger partial charge in [-0.1, -0.05) is 24.3 Å². The number of furan rings is 1. The minimum atomic E-state index is -0.230. The minimum absolute atomic E-state index is 0.230. The number of carbonyl (C=O) groups is 1. The van der Waals surface area contributed by atoms with Gasteiger partial charge in [-0.25, -0.2) is 5.43 Å². The summed E-state index contributed by atoms with van der Waals surface area (Å²) in [7, 11) is 0. The summed E-state index contributed by atoms with van der Waals surface area (Å²) in [6.07, 6.45) is 4.54. The first kappa shape index (κ1) is 12.7. The van der Waals surface area contributed by atoms with E-state index < -0.39 is 0 Å². The molecule has 1 aliphatic rings. The fraction of sp³-hybridized carbons (Fsp3) is 0.250. The topological polar surface area (TPSA) is 54.6 Å². The molecule has 0 radical (unpaired) electrons. The van der Waals surface area contributed by atoms with Crippen molar-refractivity contribution < 1.29 is 9.21 Å². The summed E-state index contributed by atoms with van der Waals surface area (Å²) in [5.74, 6) is 0.374. The van der Waals surface area contributed by atoms with Crippen LogP contribution in [0.15, 0.2) is 46.1 Å². The van der Waals surface area contributed by atoms with Crippen molar-refractivity contribution in [1.29, 1.82) is 0 Å². The number of hydrazone groups is 1. The fourth-order valence-electron chi connectivity index (χ4n) is 2.52. The van der Waals surface area contributed by atoms with Gasteiger partial charge in [0.15, 0.2) is 0 Å². The van der Waals surface area contributed by atoms with Gasteiger partial charge in [-0.15, -0.1) is 0 Å². The van der Waals surface area contributed by atoms with E-state index in [1.807, 2.05) is 12.1 Å². The van der Waals surface area contributed by atoms with Gasteiger partial charge < -0.3 is 4.42 Å². The predicted molar refractivity (Wildman–Crippen MR) is 76.8 cm³/mol. The molecule has 1 heterocycles. The van der Waals surface area contributed by atoms with Gasteiger partial charge in [0.25, 0.3) is 5.91 Å². The van der Waals surface area contributed by atoms with Crippen molar-refractivity contribution >= 4 is 11.6 Å². The van der Waals surface area contributed by atoms with Crippen LogP contribution in [0.4, 0.5) is 0 Å². The van der Waals surface area contributed by atoms with Crippen molar-refractivity contribution in [1.82, 2.24) is 5.43 Å². The lowest BCUT2D eigenvalue weighted by molar-refractivity contribution is 0.0953. The predicted octanol–water partition coefficient (Wildman–Crippen LogP) is 3.06. The molecule has 0 saturated heterocycles. The first-order valence-corrected chi connectivity index (χ1v) is 6.75. The number of nitrogens with one attached hydrogen (secondary N) is 1. The van der Waals surface area contributed by atoms with E-state index in [0.29, 0.717) is 11.3 Å².